The molecule has 0 saturated carbocycles. The Morgan fingerprint density at radius 3 is 1.32 bits per heavy atom. The Morgan fingerprint density at radius 2 is 0.960 bits per heavy atom. The average Bonchev–Trinajstić information content (AvgIpc) is 2.61. The lowest BCUT2D eigenvalue weighted by Crippen LogP contribution is -2.23. The van der Waals surface area contributed by atoms with Crippen molar-refractivity contribution in [2.45, 2.75) is 128 Å². The Hall–Kier alpha value is -0.540. The highest BCUT2D eigenvalue weighted by atomic mass is 16.3. The van der Waals surface area contributed by atoms with Crippen molar-refractivity contribution in [2.75, 3.05) is 0 Å². The van der Waals surface area contributed by atoms with Crippen LogP contribution in [-0.4, -0.2) is 27.5 Å². The molecule has 0 rings (SSSR count). The van der Waals surface area contributed by atoms with E-state index in [-0.39, 0.29) is 0 Å². The standard InChI is InChI=1S/C22H44O3/c1-2-3-4-5-6-7-8-9-10-11-12-13-14-15-16-17-18-21(24)22(25)19-20-23/h19-25H,2-18H2,1H3/b20-19+. The second-order valence-electron chi connectivity index (χ2n) is 7.49. The molecule has 0 aliphatic carbocycles. The highest BCUT2D eigenvalue weighted by molar-refractivity contribution is 4.86. The molecule has 3 N–H and O–H groups in total. The van der Waals surface area contributed by atoms with Gasteiger partial charge < -0.3 is 15.3 Å². The topological polar surface area (TPSA) is 60.7 Å². The molecule has 3 heteroatoms. The van der Waals surface area contributed by atoms with Crippen molar-refractivity contribution in [3.63, 3.8) is 0 Å². The van der Waals surface area contributed by atoms with Gasteiger partial charge in [-0.1, -0.05) is 110 Å². The van der Waals surface area contributed by atoms with Crippen LogP contribution in [0.15, 0.2) is 12.3 Å². The largest absolute Gasteiger partial charge is 0.516 e. The van der Waals surface area contributed by atoms with Crippen molar-refractivity contribution in [3.05, 3.63) is 12.3 Å². The monoisotopic (exact) mass is 356 g/mol. The maximum absolute atomic E-state index is 9.65. The summed E-state index contributed by atoms with van der Waals surface area (Å²) in [5, 5.41) is 27.6. The van der Waals surface area contributed by atoms with Crippen molar-refractivity contribution < 1.29 is 15.3 Å². The molecule has 2 unspecified atom stereocenters. The lowest BCUT2D eigenvalue weighted by Gasteiger charge is -2.13. The van der Waals surface area contributed by atoms with E-state index in [1.54, 1.807) is 0 Å². The number of hydrogen-bond donors (Lipinski definition) is 3. The summed E-state index contributed by atoms with van der Waals surface area (Å²) in [4.78, 5) is 0. The predicted molar refractivity (Wildman–Crippen MR) is 108 cm³/mol. The Morgan fingerprint density at radius 1 is 0.600 bits per heavy atom. The van der Waals surface area contributed by atoms with E-state index in [0.717, 1.165) is 19.1 Å². The fourth-order valence-electron chi connectivity index (χ4n) is 3.29. The number of aliphatic hydroxyl groups excluding tert-OH is 3. The first kappa shape index (κ1) is 24.5. The molecule has 2 atom stereocenters. The second-order valence-corrected chi connectivity index (χ2v) is 7.49. The molecular weight excluding hydrogens is 312 g/mol. The van der Waals surface area contributed by atoms with Gasteiger partial charge in [-0.15, -0.1) is 0 Å². The van der Waals surface area contributed by atoms with Gasteiger partial charge in [0.1, 0.15) is 6.10 Å². The highest BCUT2D eigenvalue weighted by Crippen LogP contribution is 2.14. The molecule has 0 aliphatic heterocycles. The van der Waals surface area contributed by atoms with E-state index in [1.165, 1.54) is 96.0 Å². The molecule has 0 amide bonds. The van der Waals surface area contributed by atoms with Crippen LogP contribution in [0.5, 0.6) is 0 Å². The van der Waals surface area contributed by atoms with Gasteiger partial charge in [0.15, 0.2) is 0 Å². The van der Waals surface area contributed by atoms with Crippen molar-refractivity contribution in [1.29, 1.82) is 0 Å². The zero-order valence-corrected chi connectivity index (χ0v) is 16.7. The number of aliphatic hydroxyl groups is 3. The van der Waals surface area contributed by atoms with Crippen LogP contribution in [0.2, 0.25) is 0 Å². The molecule has 0 bridgehead atoms. The van der Waals surface area contributed by atoms with Crippen molar-refractivity contribution in [3.8, 4) is 0 Å². The average molecular weight is 357 g/mol. The molecule has 0 aromatic heterocycles. The number of unbranched alkanes of at least 4 members (excludes halogenated alkanes) is 15. The normalized spacial score (nSPS) is 14.2. The maximum atomic E-state index is 9.65. The van der Waals surface area contributed by atoms with Gasteiger partial charge in [0.05, 0.1) is 12.4 Å². The van der Waals surface area contributed by atoms with E-state index in [4.69, 9.17) is 5.11 Å². The zero-order valence-electron chi connectivity index (χ0n) is 16.7. The van der Waals surface area contributed by atoms with Gasteiger partial charge in [0.25, 0.3) is 0 Å². The Balaban J connectivity index is 3.14. The molecular formula is C22H44O3. The van der Waals surface area contributed by atoms with E-state index in [0.29, 0.717) is 6.42 Å². The van der Waals surface area contributed by atoms with E-state index in [2.05, 4.69) is 6.92 Å². The van der Waals surface area contributed by atoms with Crippen LogP contribution in [0.25, 0.3) is 0 Å². The quantitative estimate of drug-likeness (QED) is 0.184. The van der Waals surface area contributed by atoms with Crippen LogP contribution in [0.4, 0.5) is 0 Å². The Kier molecular flexibility index (Phi) is 19.4. The van der Waals surface area contributed by atoms with Crippen molar-refractivity contribution in [1.82, 2.24) is 0 Å². The molecule has 3 nitrogen and oxygen atoms in total. The van der Waals surface area contributed by atoms with E-state index in [1.807, 2.05) is 0 Å². The van der Waals surface area contributed by atoms with Crippen LogP contribution in [-0.2, 0) is 0 Å². The van der Waals surface area contributed by atoms with E-state index >= 15 is 0 Å². The van der Waals surface area contributed by atoms with Crippen LogP contribution < -0.4 is 0 Å². The molecule has 0 aliphatic rings. The van der Waals surface area contributed by atoms with Gasteiger partial charge in [-0.3, -0.25) is 0 Å². The first-order valence-corrected chi connectivity index (χ1v) is 10.9. The smallest absolute Gasteiger partial charge is 0.101 e. The predicted octanol–water partition coefficient (Wildman–Crippen LogP) is 6.43. The molecule has 0 aromatic carbocycles. The van der Waals surface area contributed by atoms with Crippen LogP contribution >= 0.6 is 0 Å². The summed E-state index contributed by atoms with van der Waals surface area (Å²) in [5.74, 6) is 0. The third kappa shape index (κ3) is 18.1. The summed E-state index contributed by atoms with van der Waals surface area (Å²) in [6, 6.07) is 0. The number of rotatable bonds is 19. The zero-order chi connectivity index (χ0) is 18.6. The van der Waals surface area contributed by atoms with Gasteiger partial charge in [-0.2, -0.15) is 0 Å². The second kappa shape index (κ2) is 19.8. The summed E-state index contributed by atoms with van der Waals surface area (Å²) in [6.45, 7) is 2.27. The summed E-state index contributed by atoms with van der Waals surface area (Å²) in [7, 11) is 0. The molecule has 0 aromatic rings. The van der Waals surface area contributed by atoms with Gasteiger partial charge in [0, 0.05) is 0 Å². The minimum Gasteiger partial charge on any atom is -0.516 e. The Bertz CT molecular complexity index is 278. The van der Waals surface area contributed by atoms with E-state index < -0.39 is 12.2 Å². The van der Waals surface area contributed by atoms with Crippen LogP contribution in [0.1, 0.15) is 116 Å². The van der Waals surface area contributed by atoms with Crippen LogP contribution in [0, 0.1) is 0 Å². The maximum Gasteiger partial charge on any atom is 0.101 e. The molecule has 0 spiro atoms. The molecule has 150 valence electrons. The summed E-state index contributed by atoms with van der Waals surface area (Å²) in [5.41, 5.74) is 0. The molecule has 0 radical (unpaired) electrons. The fraction of sp³-hybridized carbons (Fsp3) is 0.909. The van der Waals surface area contributed by atoms with Crippen molar-refractivity contribution >= 4 is 0 Å². The van der Waals surface area contributed by atoms with Gasteiger partial charge >= 0.3 is 0 Å². The third-order valence-electron chi connectivity index (χ3n) is 5.03. The van der Waals surface area contributed by atoms with E-state index in [9.17, 15) is 10.2 Å². The minimum atomic E-state index is -0.943. The molecule has 0 heterocycles. The minimum absolute atomic E-state index is 0.601. The first-order valence-electron chi connectivity index (χ1n) is 10.9. The molecule has 25 heavy (non-hydrogen) atoms. The summed E-state index contributed by atoms with van der Waals surface area (Å²) >= 11 is 0. The number of hydrogen-bond acceptors (Lipinski definition) is 3. The van der Waals surface area contributed by atoms with Crippen molar-refractivity contribution in [2.24, 2.45) is 0 Å². The molecule has 0 saturated heterocycles. The highest BCUT2D eigenvalue weighted by Gasteiger charge is 2.12. The summed E-state index contributed by atoms with van der Waals surface area (Å²) < 4.78 is 0. The molecule has 0 fully saturated rings. The SMILES string of the molecule is CCCCCCCCCCCCCCCCCCC(O)C(O)/C=C/O. The fourth-order valence-corrected chi connectivity index (χ4v) is 3.29. The van der Waals surface area contributed by atoms with Gasteiger partial charge in [-0.25, -0.2) is 0 Å². The van der Waals surface area contributed by atoms with Crippen LogP contribution in [0.3, 0.4) is 0 Å². The summed E-state index contributed by atoms with van der Waals surface area (Å²) in [6.07, 6.45) is 22.2. The Labute approximate surface area is 156 Å². The lowest BCUT2D eigenvalue weighted by molar-refractivity contribution is 0.0404. The third-order valence-corrected chi connectivity index (χ3v) is 5.03. The first-order chi connectivity index (χ1) is 12.2. The van der Waals surface area contributed by atoms with Gasteiger partial charge in [0.2, 0.25) is 0 Å². The lowest BCUT2D eigenvalue weighted by atomic mass is 10.0. The van der Waals surface area contributed by atoms with Gasteiger partial charge in [-0.05, 0) is 12.5 Å².